The Morgan fingerprint density at radius 2 is 1.75 bits per heavy atom. The van der Waals surface area contributed by atoms with E-state index in [2.05, 4.69) is 5.32 Å². The molecule has 0 unspecified atom stereocenters. The van der Waals surface area contributed by atoms with Gasteiger partial charge in [0.1, 0.15) is 5.82 Å². The van der Waals surface area contributed by atoms with Gasteiger partial charge in [0.05, 0.1) is 5.54 Å². The minimum absolute atomic E-state index is 0.0266. The van der Waals surface area contributed by atoms with Gasteiger partial charge in [-0.25, -0.2) is 9.18 Å². The van der Waals surface area contributed by atoms with Crippen LogP contribution in [0.5, 0.6) is 0 Å². The lowest BCUT2D eigenvalue weighted by Crippen LogP contribution is -2.50. The molecule has 0 saturated heterocycles. The molecule has 3 nitrogen and oxygen atoms in total. The van der Waals surface area contributed by atoms with E-state index in [1.807, 2.05) is 13.8 Å². The van der Waals surface area contributed by atoms with E-state index >= 15 is 0 Å². The van der Waals surface area contributed by atoms with E-state index < -0.39 is 0 Å². The fourth-order valence-electron chi connectivity index (χ4n) is 3.03. The maximum Gasteiger partial charge on any atom is 0.318 e. The molecule has 1 fully saturated rings. The summed E-state index contributed by atoms with van der Waals surface area (Å²) in [4.78, 5) is 14.1. The number of benzene rings is 1. The van der Waals surface area contributed by atoms with Gasteiger partial charge in [0, 0.05) is 13.1 Å². The molecule has 0 radical (unpaired) electrons. The summed E-state index contributed by atoms with van der Waals surface area (Å²) in [5.74, 6) is -0.239. The summed E-state index contributed by atoms with van der Waals surface area (Å²) < 4.78 is 13.1. The summed E-state index contributed by atoms with van der Waals surface area (Å²) in [7, 11) is 0. The van der Waals surface area contributed by atoms with Crippen LogP contribution in [0.25, 0.3) is 0 Å². The molecule has 0 spiro atoms. The molecule has 0 heterocycles. The Kier molecular flexibility index (Phi) is 4.63. The highest BCUT2D eigenvalue weighted by molar-refractivity contribution is 5.75. The fraction of sp³-hybridized carbons (Fsp3) is 0.562. The zero-order chi connectivity index (χ0) is 14.6. The second kappa shape index (κ2) is 6.25. The molecule has 0 aromatic heterocycles. The number of carbonyl (C=O) groups is 1. The van der Waals surface area contributed by atoms with Gasteiger partial charge in [0.2, 0.25) is 0 Å². The fourth-order valence-corrected chi connectivity index (χ4v) is 3.03. The molecule has 1 aromatic carbocycles. The number of nitrogens with zero attached hydrogens (tertiary/aromatic N) is 1. The van der Waals surface area contributed by atoms with E-state index in [1.54, 1.807) is 17.0 Å². The normalized spacial score (nSPS) is 16.9. The minimum Gasteiger partial charge on any atom is -0.328 e. The zero-order valence-corrected chi connectivity index (χ0v) is 12.3. The first-order valence-electron chi connectivity index (χ1n) is 7.44. The molecular formula is C16H23FN2O. The summed E-state index contributed by atoms with van der Waals surface area (Å²) in [6.45, 7) is 5.34. The minimum atomic E-state index is -0.326. The maximum atomic E-state index is 13.1. The predicted octanol–water partition coefficient (Wildman–Crippen LogP) is 3.65. The van der Waals surface area contributed by atoms with Crippen LogP contribution in [0.15, 0.2) is 24.3 Å². The number of nitrogens with one attached hydrogen (secondary N) is 1. The van der Waals surface area contributed by atoms with E-state index in [9.17, 15) is 9.18 Å². The molecule has 4 heteroatoms. The number of amides is 2. The summed E-state index contributed by atoms with van der Waals surface area (Å²) in [5.41, 5.74) is 0.685. The van der Waals surface area contributed by atoms with E-state index in [1.165, 1.54) is 12.1 Å². The molecule has 1 saturated carbocycles. The Labute approximate surface area is 120 Å². The molecular weight excluding hydrogens is 255 g/mol. The number of hydrogen-bond donors (Lipinski definition) is 1. The summed E-state index contributed by atoms with van der Waals surface area (Å²) >= 11 is 0. The Morgan fingerprint density at radius 1 is 1.20 bits per heavy atom. The Morgan fingerprint density at radius 3 is 2.25 bits per heavy atom. The van der Waals surface area contributed by atoms with Gasteiger partial charge in [-0.15, -0.1) is 0 Å². The Bertz CT molecular complexity index is 448. The van der Waals surface area contributed by atoms with Crippen molar-refractivity contribution in [2.75, 3.05) is 13.1 Å². The maximum absolute atomic E-state index is 13.1. The summed E-state index contributed by atoms with van der Waals surface area (Å²) in [5, 5.41) is 3.19. The number of urea groups is 1. The van der Waals surface area contributed by atoms with E-state index in [4.69, 9.17) is 0 Å². The van der Waals surface area contributed by atoms with Crippen molar-refractivity contribution in [2.45, 2.75) is 45.1 Å². The third-order valence-electron chi connectivity index (χ3n) is 4.25. The smallest absolute Gasteiger partial charge is 0.318 e. The predicted molar refractivity (Wildman–Crippen MR) is 78.0 cm³/mol. The molecule has 110 valence electrons. The average Bonchev–Trinajstić information content (AvgIpc) is 2.90. The van der Waals surface area contributed by atoms with Crippen LogP contribution in [0.1, 0.15) is 45.1 Å². The van der Waals surface area contributed by atoms with Gasteiger partial charge >= 0.3 is 6.03 Å². The van der Waals surface area contributed by atoms with Crippen molar-refractivity contribution < 1.29 is 9.18 Å². The van der Waals surface area contributed by atoms with Crippen LogP contribution >= 0.6 is 0 Å². The van der Waals surface area contributed by atoms with Crippen LogP contribution in [-0.4, -0.2) is 24.0 Å². The van der Waals surface area contributed by atoms with E-state index in [-0.39, 0.29) is 17.4 Å². The molecule has 1 N–H and O–H groups in total. The van der Waals surface area contributed by atoms with Crippen LogP contribution in [0.2, 0.25) is 0 Å². The second-order valence-corrected chi connectivity index (χ2v) is 5.40. The van der Waals surface area contributed by atoms with Gasteiger partial charge < -0.3 is 10.2 Å². The quantitative estimate of drug-likeness (QED) is 0.896. The van der Waals surface area contributed by atoms with Gasteiger partial charge in [-0.05, 0) is 44.4 Å². The Balaban J connectivity index is 2.22. The summed E-state index contributed by atoms with van der Waals surface area (Å²) in [6.07, 6.45) is 4.03. The zero-order valence-electron chi connectivity index (χ0n) is 12.3. The van der Waals surface area contributed by atoms with Crippen LogP contribution < -0.4 is 5.32 Å². The highest BCUT2D eigenvalue weighted by atomic mass is 19.1. The highest BCUT2D eigenvalue weighted by Gasteiger charge is 2.37. The largest absolute Gasteiger partial charge is 0.328 e. The van der Waals surface area contributed by atoms with Crippen molar-refractivity contribution in [1.82, 2.24) is 10.2 Å². The van der Waals surface area contributed by atoms with Crippen molar-refractivity contribution in [1.29, 1.82) is 0 Å². The SMILES string of the molecule is CCN(CC)C(=O)NC1(c2ccc(F)cc2)CCCC1. The van der Waals surface area contributed by atoms with Gasteiger partial charge in [0.15, 0.2) is 0 Å². The average molecular weight is 278 g/mol. The van der Waals surface area contributed by atoms with Crippen molar-refractivity contribution in [3.63, 3.8) is 0 Å². The molecule has 20 heavy (non-hydrogen) atoms. The monoisotopic (exact) mass is 278 g/mol. The first-order chi connectivity index (χ1) is 9.61. The molecule has 1 aliphatic rings. The number of hydrogen-bond acceptors (Lipinski definition) is 1. The molecule has 0 aliphatic heterocycles. The third-order valence-corrected chi connectivity index (χ3v) is 4.25. The van der Waals surface area contributed by atoms with Crippen molar-refractivity contribution in [3.05, 3.63) is 35.6 Å². The lowest BCUT2D eigenvalue weighted by Gasteiger charge is -2.33. The first kappa shape index (κ1) is 14.8. The van der Waals surface area contributed by atoms with Crippen molar-refractivity contribution in [2.24, 2.45) is 0 Å². The second-order valence-electron chi connectivity index (χ2n) is 5.40. The van der Waals surface area contributed by atoms with Gasteiger partial charge in [-0.3, -0.25) is 0 Å². The van der Waals surface area contributed by atoms with Crippen LogP contribution in [0, 0.1) is 5.82 Å². The van der Waals surface area contributed by atoms with Gasteiger partial charge in [-0.2, -0.15) is 0 Å². The molecule has 2 rings (SSSR count). The first-order valence-corrected chi connectivity index (χ1v) is 7.44. The molecule has 0 bridgehead atoms. The number of carbonyl (C=O) groups excluding carboxylic acids is 1. The summed E-state index contributed by atoms with van der Waals surface area (Å²) in [6, 6.07) is 6.51. The van der Waals surface area contributed by atoms with E-state index in [0.29, 0.717) is 13.1 Å². The standard InChI is InChI=1S/C16H23FN2O/c1-3-19(4-2)15(20)18-16(11-5-6-12-16)13-7-9-14(17)10-8-13/h7-10H,3-6,11-12H2,1-2H3,(H,18,20). The third kappa shape index (κ3) is 2.94. The van der Waals surface area contributed by atoms with Crippen LogP contribution in [-0.2, 0) is 5.54 Å². The van der Waals surface area contributed by atoms with Crippen molar-refractivity contribution in [3.8, 4) is 0 Å². The molecule has 1 aromatic rings. The lowest BCUT2D eigenvalue weighted by molar-refractivity contribution is 0.187. The van der Waals surface area contributed by atoms with E-state index in [0.717, 1.165) is 31.2 Å². The molecule has 0 atom stereocenters. The van der Waals surface area contributed by atoms with Gasteiger partial charge in [0.25, 0.3) is 0 Å². The molecule has 1 aliphatic carbocycles. The van der Waals surface area contributed by atoms with Crippen molar-refractivity contribution >= 4 is 6.03 Å². The number of halogens is 1. The Hall–Kier alpha value is -1.58. The lowest BCUT2D eigenvalue weighted by atomic mass is 9.88. The number of rotatable bonds is 4. The molecule has 2 amide bonds. The van der Waals surface area contributed by atoms with Crippen LogP contribution in [0.3, 0.4) is 0 Å². The van der Waals surface area contributed by atoms with Crippen LogP contribution in [0.4, 0.5) is 9.18 Å². The van der Waals surface area contributed by atoms with Gasteiger partial charge in [-0.1, -0.05) is 25.0 Å². The topological polar surface area (TPSA) is 32.3 Å². The highest BCUT2D eigenvalue weighted by Crippen LogP contribution is 2.38.